The molecule has 3 heterocycles. The molecule has 0 saturated carbocycles. The number of carbonyl (C=O) groups is 1. The van der Waals surface area contributed by atoms with Crippen LogP contribution in [0.15, 0.2) is 73.4 Å². The number of amides is 1. The van der Waals surface area contributed by atoms with Crippen molar-refractivity contribution in [1.29, 1.82) is 0 Å². The van der Waals surface area contributed by atoms with Gasteiger partial charge in [-0.3, -0.25) is 4.79 Å². The second-order valence-corrected chi connectivity index (χ2v) is 7.77. The standard InChI is InChI=1S/C24H24N6O2/c1-32-22-10-6-5-9-20(22)23-21(15-29(27-23)18-7-3-2-4-8-18)24(31)28-13-11-19(12-14-28)30-17-25-16-26-30/h2-10,15-17,19H,11-14H2,1H3. The molecule has 1 aliphatic heterocycles. The minimum atomic E-state index is -0.0230. The zero-order valence-corrected chi connectivity index (χ0v) is 17.8. The quantitative estimate of drug-likeness (QED) is 0.485. The summed E-state index contributed by atoms with van der Waals surface area (Å²) in [5.74, 6) is 0.662. The Labute approximate surface area is 186 Å². The lowest BCUT2D eigenvalue weighted by Crippen LogP contribution is -2.39. The number of benzene rings is 2. The minimum Gasteiger partial charge on any atom is -0.496 e. The van der Waals surface area contributed by atoms with Crippen molar-refractivity contribution >= 4 is 5.91 Å². The minimum absolute atomic E-state index is 0.0230. The van der Waals surface area contributed by atoms with Gasteiger partial charge in [-0.05, 0) is 37.1 Å². The Kier molecular flexibility index (Phi) is 5.41. The number of aromatic nitrogens is 5. The summed E-state index contributed by atoms with van der Waals surface area (Å²) in [6, 6.07) is 17.7. The van der Waals surface area contributed by atoms with Crippen LogP contribution in [0, 0.1) is 0 Å². The number of piperidine rings is 1. The van der Waals surface area contributed by atoms with E-state index in [0.717, 1.165) is 24.1 Å². The van der Waals surface area contributed by atoms with Crippen LogP contribution >= 0.6 is 0 Å². The van der Waals surface area contributed by atoms with Crippen LogP contribution in [0.3, 0.4) is 0 Å². The van der Waals surface area contributed by atoms with Gasteiger partial charge < -0.3 is 9.64 Å². The fourth-order valence-electron chi connectivity index (χ4n) is 4.19. The highest BCUT2D eigenvalue weighted by molar-refractivity contribution is 6.00. The van der Waals surface area contributed by atoms with Gasteiger partial charge in [0, 0.05) is 24.8 Å². The molecule has 8 heteroatoms. The second-order valence-electron chi connectivity index (χ2n) is 7.77. The molecule has 0 atom stereocenters. The van der Waals surface area contributed by atoms with Crippen molar-refractivity contribution in [2.45, 2.75) is 18.9 Å². The van der Waals surface area contributed by atoms with Crippen LogP contribution in [0.4, 0.5) is 0 Å². The zero-order valence-electron chi connectivity index (χ0n) is 17.8. The highest BCUT2D eigenvalue weighted by Gasteiger charge is 2.29. The molecule has 32 heavy (non-hydrogen) atoms. The molecule has 2 aromatic carbocycles. The van der Waals surface area contributed by atoms with Crippen molar-refractivity contribution in [3.63, 3.8) is 0 Å². The molecule has 1 amide bonds. The highest BCUT2D eigenvalue weighted by atomic mass is 16.5. The summed E-state index contributed by atoms with van der Waals surface area (Å²) in [7, 11) is 1.63. The molecule has 4 aromatic rings. The summed E-state index contributed by atoms with van der Waals surface area (Å²) in [5, 5.41) is 9.05. The van der Waals surface area contributed by atoms with Gasteiger partial charge in [-0.2, -0.15) is 10.2 Å². The molecule has 1 aliphatic rings. The summed E-state index contributed by atoms with van der Waals surface area (Å²) in [5.41, 5.74) is 2.88. The van der Waals surface area contributed by atoms with Crippen molar-refractivity contribution < 1.29 is 9.53 Å². The normalized spacial score (nSPS) is 14.5. The molecule has 0 spiro atoms. The number of carbonyl (C=O) groups excluding carboxylic acids is 1. The van der Waals surface area contributed by atoms with E-state index in [-0.39, 0.29) is 11.9 Å². The Hall–Kier alpha value is -3.94. The third-order valence-corrected chi connectivity index (χ3v) is 5.89. The van der Waals surface area contributed by atoms with Crippen LogP contribution < -0.4 is 4.74 Å². The average molecular weight is 428 g/mol. The van der Waals surface area contributed by atoms with Gasteiger partial charge in [-0.25, -0.2) is 14.3 Å². The maximum Gasteiger partial charge on any atom is 0.257 e. The molecule has 2 aromatic heterocycles. The van der Waals surface area contributed by atoms with Gasteiger partial charge >= 0.3 is 0 Å². The van der Waals surface area contributed by atoms with Crippen molar-refractivity contribution in [1.82, 2.24) is 29.4 Å². The fraction of sp³-hybridized carbons (Fsp3) is 0.250. The number of para-hydroxylation sites is 2. The molecule has 8 nitrogen and oxygen atoms in total. The van der Waals surface area contributed by atoms with Crippen LogP contribution in [-0.4, -0.2) is 55.6 Å². The van der Waals surface area contributed by atoms with Gasteiger partial charge in [0.25, 0.3) is 5.91 Å². The number of ether oxygens (including phenoxy) is 1. The van der Waals surface area contributed by atoms with Gasteiger partial charge in [-0.15, -0.1) is 0 Å². The summed E-state index contributed by atoms with van der Waals surface area (Å²) >= 11 is 0. The van der Waals surface area contributed by atoms with Gasteiger partial charge in [0.1, 0.15) is 24.1 Å². The van der Waals surface area contributed by atoms with Crippen LogP contribution in [-0.2, 0) is 0 Å². The molecule has 1 fully saturated rings. The molecule has 0 radical (unpaired) electrons. The van der Waals surface area contributed by atoms with E-state index in [4.69, 9.17) is 9.84 Å². The molecule has 0 N–H and O–H groups in total. The van der Waals surface area contributed by atoms with Gasteiger partial charge in [0.05, 0.1) is 24.4 Å². The third-order valence-electron chi connectivity index (χ3n) is 5.89. The lowest BCUT2D eigenvalue weighted by Gasteiger charge is -2.31. The lowest BCUT2D eigenvalue weighted by atomic mass is 10.0. The molecular weight excluding hydrogens is 404 g/mol. The predicted molar refractivity (Wildman–Crippen MR) is 120 cm³/mol. The Morgan fingerprint density at radius 3 is 2.50 bits per heavy atom. The van der Waals surface area contributed by atoms with Crippen LogP contribution in [0.5, 0.6) is 5.75 Å². The highest BCUT2D eigenvalue weighted by Crippen LogP contribution is 2.33. The van der Waals surface area contributed by atoms with Crippen molar-refractivity contribution in [3.8, 4) is 22.7 Å². The fourth-order valence-corrected chi connectivity index (χ4v) is 4.19. The number of likely N-dealkylation sites (tertiary alicyclic amines) is 1. The summed E-state index contributed by atoms with van der Waals surface area (Å²) in [4.78, 5) is 19.6. The van der Waals surface area contributed by atoms with Crippen LogP contribution in [0.25, 0.3) is 16.9 Å². The van der Waals surface area contributed by atoms with E-state index in [0.29, 0.717) is 30.1 Å². The summed E-state index contributed by atoms with van der Waals surface area (Å²) in [6.45, 7) is 1.32. The largest absolute Gasteiger partial charge is 0.496 e. The molecule has 1 saturated heterocycles. The van der Waals surface area contributed by atoms with Crippen molar-refractivity contribution in [2.24, 2.45) is 0 Å². The first kappa shape index (κ1) is 20.0. The lowest BCUT2D eigenvalue weighted by molar-refractivity contribution is 0.0690. The average Bonchev–Trinajstić information content (AvgIpc) is 3.55. The van der Waals surface area contributed by atoms with Gasteiger partial charge in [0.15, 0.2) is 0 Å². The Bertz CT molecular complexity index is 1190. The maximum absolute atomic E-state index is 13.6. The zero-order chi connectivity index (χ0) is 21.9. The molecule has 0 unspecified atom stereocenters. The van der Waals surface area contributed by atoms with Crippen molar-refractivity contribution in [2.75, 3.05) is 20.2 Å². The first-order chi connectivity index (χ1) is 15.7. The number of nitrogens with zero attached hydrogens (tertiary/aromatic N) is 6. The number of methoxy groups -OCH3 is 1. The first-order valence-corrected chi connectivity index (χ1v) is 10.7. The molecular formula is C24H24N6O2. The SMILES string of the molecule is COc1ccccc1-c1nn(-c2ccccc2)cc1C(=O)N1CCC(n2cncn2)CC1. The molecule has 0 bridgehead atoms. The Morgan fingerprint density at radius 2 is 1.78 bits per heavy atom. The summed E-state index contributed by atoms with van der Waals surface area (Å²) in [6.07, 6.45) is 6.79. The first-order valence-electron chi connectivity index (χ1n) is 10.7. The third kappa shape index (κ3) is 3.75. The topological polar surface area (TPSA) is 78.1 Å². The van der Waals surface area contributed by atoms with E-state index in [1.807, 2.05) is 70.4 Å². The van der Waals surface area contributed by atoms with E-state index in [1.54, 1.807) is 24.4 Å². The van der Waals surface area contributed by atoms with Crippen LogP contribution in [0.1, 0.15) is 29.2 Å². The van der Waals surface area contributed by atoms with E-state index in [1.165, 1.54) is 0 Å². The van der Waals surface area contributed by atoms with E-state index in [9.17, 15) is 4.79 Å². The number of hydrogen-bond donors (Lipinski definition) is 0. The van der Waals surface area contributed by atoms with E-state index in [2.05, 4.69) is 10.1 Å². The van der Waals surface area contributed by atoms with Gasteiger partial charge in [-0.1, -0.05) is 30.3 Å². The Morgan fingerprint density at radius 1 is 1.03 bits per heavy atom. The maximum atomic E-state index is 13.6. The molecule has 162 valence electrons. The monoisotopic (exact) mass is 428 g/mol. The van der Waals surface area contributed by atoms with Gasteiger partial charge in [0.2, 0.25) is 0 Å². The number of rotatable bonds is 5. The van der Waals surface area contributed by atoms with Crippen molar-refractivity contribution in [3.05, 3.63) is 79.0 Å². The molecule has 5 rings (SSSR count). The smallest absolute Gasteiger partial charge is 0.257 e. The Balaban J connectivity index is 1.48. The van der Waals surface area contributed by atoms with E-state index < -0.39 is 0 Å². The van der Waals surface area contributed by atoms with E-state index >= 15 is 0 Å². The number of hydrogen-bond acceptors (Lipinski definition) is 5. The van der Waals surface area contributed by atoms with Crippen LogP contribution in [0.2, 0.25) is 0 Å². The predicted octanol–water partition coefficient (Wildman–Crippen LogP) is 3.62. The second kappa shape index (κ2) is 8.66. The molecule has 0 aliphatic carbocycles. The summed E-state index contributed by atoms with van der Waals surface area (Å²) < 4.78 is 9.21.